The zero-order valence-electron chi connectivity index (χ0n) is 16.7. The fourth-order valence-electron chi connectivity index (χ4n) is 3.74. The molecule has 2 aromatic heterocycles. The van der Waals surface area contributed by atoms with Gasteiger partial charge in [-0.1, -0.05) is 60.7 Å². The number of aliphatic hydroxyl groups is 1. The summed E-state index contributed by atoms with van der Waals surface area (Å²) < 4.78 is 1.70. The van der Waals surface area contributed by atoms with Gasteiger partial charge in [0, 0.05) is 5.56 Å². The van der Waals surface area contributed by atoms with Crippen LogP contribution >= 0.6 is 0 Å². The first kappa shape index (κ1) is 19.0. The number of para-hydroxylation sites is 3. The number of nitrogens with zero attached hydrogens (tertiary/aromatic N) is 4. The molecule has 0 bridgehead atoms. The molecule has 0 aliphatic carbocycles. The molecule has 6 nitrogen and oxygen atoms in total. The number of aliphatic imine (C=N–C) groups is 1. The van der Waals surface area contributed by atoms with Crippen molar-refractivity contribution in [3.63, 3.8) is 0 Å². The maximum absolute atomic E-state index is 11.4. The number of hydrogen-bond acceptors (Lipinski definition) is 5. The number of rotatable bonds is 5. The summed E-state index contributed by atoms with van der Waals surface area (Å²) >= 11 is 0. The number of hydrogen-bond donors (Lipinski definition) is 2. The Kier molecular flexibility index (Phi) is 4.90. The largest absolute Gasteiger partial charge is 0.494 e. The number of aromatic nitrogens is 3. The van der Waals surface area contributed by atoms with Crippen LogP contribution in [0.15, 0.2) is 89.9 Å². The van der Waals surface area contributed by atoms with Crippen molar-refractivity contribution in [2.24, 2.45) is 4.99 Å². The van der Waals surface area contributed by atoms with E-state index in [2.05, 4.69) is 4.99 Å². The molecule has 5 aromatic rings. The van der Waals surface area contributed by atoms with E-state index >= 15 is 0 Å². The Morgan fingerprint density at radius 2 is 1.42 bits per heavy atom. The van der Waals surface area contributed by atoms with Gasteiger partial charge in [-0.15, -0.1) is 0 Å². The second-order valence-electron chi connectivity index (χ2n) is 7.07. The number of aromatic hydroxyl groups is 1. The molecule has 6 heteroatoms. The monoisotopic (exact) mass is 408 g/mol. The van der Waals surface area contributed by atoms with Gasteiger partial charge in [0.1, 0.15) is 5.52 Å². The summed E-state index contributed by atoms with van der Waals surface area (Å²) in [6.07, 6.45) is 0. The zero-order valence-corrected chi connectivity index (χ0v) is 16.7. The molecule has 152 valence electrons. The van der Waals surface area contributed by atoms with E-state index < -0.39 is 0 Å². The van der Waals surface area contributed by atoms with E-state index in [1.54, 1.807) is 4.57 Å². The smallest absolute Gasteiger partial charge is 0.209 e. The summed E-state index contributed by atoms with van der Waals surface area (Å²) in [6.45, 7) is 0.117. The molecule has 0 aliphatic heterocycles. The molecule has 2 N–H and O–H groups in total. The maximum Gasteiger partial charge on any atom is 0.209 e. The fourth-order valence-corrected chi connectivity index (χ4v) is 3.74. The first-order valence-electron chi connectivity index (χ1n) is 10.0. The van der Waals surface area contributed by atoms with Gasteiger partial charge in [0.15, 0.2) is 5.65 Å². The van der Waals surface area contributed by atoms with Gasteiger partial charge in [-0.2, -0.15) is 0 Å². The van der Waals surface area contributed by atoms with Gasteiger partial charge in [0.25, 0.3) is 0 Å². The second-order valence-corrected chi connectivity index (χ2v) is 7.07. The van der Waals surface area contributed by atoms with Crippen molar-refractivity contribution >= 4 is 27.9 Å². The molecule has 0 fully saturated rings. The van der Waals surface area contributed by atoms with Gasteiger partial charge in [-0.05, 0) is 24.3 Å². The van der Waals surface area contributed by atoms with Gasteiger partial charge < -0.3 is 10.2 Å². The minimum Gasteiger partial charge on any atom is -0.494 e. The Balaban J connectivity index is 1.89. The molecule has 0 saturated heterocycles. The SMILES string of the molecule is OCCN=C(c1ccccc1)c1c(O)n(-c2ccccc2)c2nc3ccccc3nc12. The lowest BCUT2D eigenvalue weighted by molar-refractivity contribution is 0.307. The molecule has 0 aliphatic rings. The van der Waals surface area contributed by atoms with Crippen LogP contribution in [0.3, 0.4) is 0 Å². The van der Waals surface area contributed by atoms with E-state index in [0.29, 0.717) is 22.4 Å². The van der Waals surface area contributed by atoms with Gasteiger partial charge in [-0.3, -0.25) is 9.56 Å². The summed E-state index contributed by atoms with van der Waals surface area (Å²) in [4.78, 5) is 14.3. The standard InChI is InChI=1S/C25H20N4O2/c30-16-15-26-22(17-9-3-1-4-10-17)21-23-24(28-20-14-8-7-13-19(20)27-23)29(25(21)31)18-11-5-2-6-12-18/h1-14,30-31H,15-16H2. The molecule has 31 heavy (non-hydrogen) atoms. The second kappa shape index (κ2) is 8.01. The zero-order chi connectivity index (χ0) is 21.2. The summed E-state index contributed by atoms with van der Waals surface area (Å²) in [7, 11) is 0. The van der Waals surface area contributed by atoms with Gasteiger partial charge >= 0.3 is 0 Å². The van der Waals surface area contributed by atoms with Crippen LogP contribution < -0.4 is 0 Å². The Morgan fingerprint density at radius 3 is 2.10 bits per heavy atom. The van der Waals surface area contributed by atoms with E-state index in [4.69, 9.17) is 9.97 Å². The summed E-state index contributed by atoms with van der Waals surface area (Å²) in [5.41, 5.74) is 5.24. The maximum atomic E-state index is 11.4. The molecule has 0 radical (unpaired) electrons. The van der Waals surface area contributed by atoms with Crippen molar-refractivity contribution in [2.45, 2.75) is 0 Å². The predicted molar refractivity (Wildman–Crippen MR) is 122 cm³/mol. The van der Waals surface area contributed by atoms with E-state index in [0.717, 1.165) is 22.3 Å². The highest BCUT2D eigenvalue weighted by atomic mass is 16.3. The third-order valence-electron chi connectivity index (χ3n) is 5.10. The summed E-state index contributed by atoms with van der Waals surface area (Å²) in [5.74, 6) is 0.0112. The Hall–Kier alpha value is -4.03. The van der Waals surface area contributed by atoms with Crippen LogP contribution in [0.1, 0.15) is 11.1 Å². The van der Waals surface area contributed by atoms with E-state index in [9.17, 15) is 10.2 Å². The molecule has 0 saturated carbocycles. The van der Waals surface area contributed by atoms with Crippen LogP contribution in [0.25, 0.3) is 27.9 Å². The van der Waals surface area contributed by atoms with Crippen LogP contribution in [-0.2, 0) is 0 Å². The molecule has 5 rings (SSSR count). The van der Waals surface area contributed by atoms with Crippen molar-refractivity contribution in [1.82, 2.24) is 14.5 Å². The lowest BCUT2D eigenvalue weighted by Crippen LogP contribution is -2.06. The summed E-state index contributed by atoms with van der Waals surface area (Å²) in [6, 6.07) is 26.8. The first-order valence-corrected chi connectivity index (χ1v) is 10.0. The lowest BCUT2D eigenvalue weighted by atomic mass is 10.0. The minimum atomic E-state index is -0.0942. The van der Waals surface area contributed by atoms with E-state index in [-0.39, 0.29) is 19.0 Å². The molecule has 0 amide bonds. The third-order valence-corrected chi connectivity index (χ3v) is 5.10. The fraction of sp³-hybridized carbons (Fsp3) is 0.0800. The summed E-state index contributed by atoms with van der Waals surface area (Å²) in [5, 5.41) is 20.9. The van der Waals surface area contributed by atoms with Crippen molar-refractivity contribution in [2.75, 3.05) is 13.2 Å². The molecule has 0 spiro atoms. The molecule has 0 unspecified atom stereocenters. The van der Waals surface area contributed by atoms with Crippen LogP contribution in [0.4, 0.5) is 0 Å². The normalized spacial score (nSPS) is 12.0. The first-order chi connectivity index (χ1) is 15.3. The predicted octanol–water partition coefficient (Wildman–Crippen LogP) is 4.11. The number of fused-ring (bicyclic) bond motifs is 2. The van der Waals surface area contributed by atoms with Crippen molar-refractivity contribution in [1.29, 1.82) is 0 Å². The van der Waals surface area contributed by atoms with Crippen LogP contribution in [0.5, 0.6) is 5.88 Å². The van der Waals surface area contributed by atoms with Crippen molar-refractivity contribution in [3.8, 4) is 11.6 Å². The Morgan fingerprint density at radius 1 is 0.806 bits per heavy atom. The van der Waals surface area contributed by atoms with Gasteiger partial charge in [0.05, 0.1) is 41.1 Å². The quantitative estimate of drug-likeness (QED) is 0.429. The van der Waals surface area contributed by atoms with E-state index in [1.165, 1.54) is 0 Å². The molecule has 2 heterocycles. The topological polar surface area (TPSA) is 83.5 Å². The molecular weight excluding hydrogens is 388 g/mol. The Labute approximate surface area is 178 Å². The average Bonchev–Trinajstić information content (AvgIpc) is 3.10. The Bertz CT molecular complexity index is 1390. The average molecular weight is 408 g/mol. The number of aliphatic hydroxyl groups excluding tert-OH is 1. The van der Waals surface area contributed by atoms with Gasteiger partial charge in [0.2, 0.25) is 5.88 Å². The van der Waals surface area contributed by atoms with E-state index in [1.807, 2.05) is 84.9 Å². The van der Waals surface area contributed by atoms with Crippen molar-refractivity contribution < 1.29 is 10.2 Å². The van der Waals surface area contributed by atoms with Crippen LogP contribution in [0.2, 0.25) is 0 Å². The minimum absolute atomic E-state index is 0.0112. The number of benzene rings is 3. The molecular formula is C25H20N4O2. The molecule has 3 aromatic carbocycles. The van der Waals surface area contributed by atoms with Crippen LogP contribution in [0, 0.1) is 0 Å². The highest BCUT2D eigenvalue weighted by molar-refractivity contribution is 6.20. The highest BCUT2D eigenvalue weighted by Crippen LogP contribution is 2.35. The lowest BCUT2D eigenvalue weighted by Gasteiger charge is -2.08. The van der Waals surface area contributed by atoms with Crippen molar-refractivity contribution in [3.05, 3.63) is 96.1 Å². The van der Waals surface area contributed by atoms with Gasteiger partial charge in [-0.25, -0.2) is 9.97 Å². The molecule has 0 atom stereocenters. The highest BCUT2D eigenvalue weighted by Gasteiger charge is 2.25. The van der Waals surface area contributed by atoms with Crippen LogP contribution in [-0.4, -0.2) is 43.6 Å². The third kappa shape index (κ3) is 3.33.